The standard InChI is InChI=1S/C16H14ClF3N2O4S/c1-9(23)21-10-4-6-14(26-2)15(8-10)27(24,25)22-11-3-5-13(17)12(7-11)16(18,19)20/h3-8,22H,1-2H3,(H,21,23). The van der Waals surface area contributed by atoms with Crippen LogP contribution < -0.4 is 14.8 Å². The molecule has 1 amide bonds. The highest BCUT2D eigenvalue weighted by Crippen LogP contribution is 2.37. The number of sulfonamides is 1. The summed E-state index contributed by atoms with van der Waals surface area (Å²) in [6.07, 6.45) is -4.75. The third-order valence-corrected chi connectivity index (χ3v) is 5.03. The zero-order valence-corrected chi connectivity index (χ0v) is 15.6. The molecule has 2 aromatic rings. The van der Waals surface area contributed by atoms with Crippen molar-refractivity contribution in [3.05, 3.63) is 47.0 Å². The first-order valence-corrected chi connectivity index (χ1v) is 9.15. The second-order valence-electron chi connectivity index (χ2n) is 5.34. The first kappa shape index (κ1) is 20.8. The molecule has 0 radical (unpaired) electrons. The summed E-state index contributed by atoms with van der Waals surface area (Å²) in [5.41, 5.74) is -1.34. The van der Waals surface area contributed by atoms with Crippen molar-refractivity contribution in [2.75, 3.05) is 17.1 Å². The molecule has 0 bridgehead atoms. The summed E-state index contributed by atoms with van der Waals surface area (Å²) in [6, 6.07) is 6.48. The largest absolute Gasteiger partial charge is 0.495 e. The van der Waals surface area contributed by atoms with Crippen molar-refractivity contribution in [3.63, 3.8) is 0 Å². The van der Waals surface area contributed by atoms with E-state index in [1.165, 1.54) is 26.2 Å². The van der Waals surface area contributed by atoms with E-state index in [4.69, 9.17) is 16.3 Å². The average molecular weight is 423 g/mol. The molecule has 2 aromatic carbocycles. The average Bonchev–Trinajstić information content (AvgIpc) is 2.55. The molecule has 27 heavy (non-hydrogen) atoms. The number of amides is 1. The molecular weight excluding hydrogens is 409 g/mol. The summed E-state index contributed by atoms with van der Waals surface area (Å²) in [6.45, 7) is 1.24. The van der Waals surface area contributed by atoms with E-state index in [-0.39, 0.29) is 22.0 Å². The summed E-state index contributed by atoms with van der Waals surface area (Å²) >= 11 is 5.53. The number of ether oxygens (including phenoxy) is 1. The van der Waals surface area contributed by atoms with E-state index in [0.717, 1.165) is 18.2 Å². The zero-order chi connectivity index (χ0) is 20.4. The molecule has 0 saturated carbocycles. The van der Waals surface area contributed by atoms with Crippen molar-refractivity contribution in [3.8, 4) is 5.75 Å². The fraction of sp³-hybridized carbons (Fsp3) is 0.188. The van der Waals surface area contributed by atoms with Gasteiger partial charge < -0.3 is 10.1 Å². The molecule has 2 N–H and O–H groups in total. The van der Waals surface area contributed by atoms with Gasteiger partial charge in [0.25, 0.3) is 10.0 Å². The monoisotopic (exact) mass is 422 g/mol. The van der Waals surface area contributed by atoms with E-state index in [1.54, 1.807) is 0 Å². The Bertz CT molecular complexity index is 978. The molecule has 2 rings (SSSR count). The highest BCUT2D eigenvalue weighted by Gasteiger charge is 2.34. The van der Waals surface area contributed by atoms with Crippen LogP contribution in [-0.4, -0.2) is 21.4 Å². The van der Waals surface area contributed by atoms with Crippen molar-refractivity contribution in [2.45, 2.75) is 18.0 Å². The second kappa shape index (κ2) is 7.65. The van der Waals surface area contributed by atoms with E-state index in [2.05, 4.69) is 10.0 Å². The minimum absolute atomic E-state index is 0.0541. The van der Waals surface area contributed by atoms with Crippen LogP contribution in [0.2, 0.25) is 5.02 Å². The van der Waals surface area contributed by atoms with Gasteiger partial charge in [-0.05, 0) is 36.4 Å². The Labute approximate surface area is 158 Å². The van der Waals surface area contributed by atoms with Crippen molar-refractivity contribution >= 4 is 38.9 Å². The van der Waals surface area contributed by atoms with E-state index in [0.29, 0.717) is 6.07 Å². The van der Waals surface area contributed by atoms with Crippen molar-refractivity contribution in [2.24, 2.45) is 0 Å². The number of hydrogen-bond acceptors (Lipinski definition) is 4. The summed E-state index contributed by atoms with van der Waals surface area (Å²) in [7, 11) is -3.09. The normalized spacial score (nSPS) is 11.8. The number of carbonyl (C=O) groups is 1. The fourth-order valence-corrected chi connectivity index (χ4v) is 3.65. The number of benzene rings is 2. The molecule has 0 heterocycles. The van der Waals surface area contributed by atoms with Gasteiger partial charge in [0, 0.05) is 18.3 Å². The van der Waals surface area contributed by atoms with Gasteiger partial charge >= 0.3 is 6.18 Å². The molecule has 11 heteroatoms. The number of carbonyl (C=O) groups excluding carboxylic acids is 1. The second-order valence-corrected chi connectivity index (χ2v) is 7.40. The molecule has 0 atom stereocenters. The Hall–Kier alpha value is -2.46. The number of rotatable bonds is 5. The summed E-state index contributed by atoms with van der Waals surface area (Å²) in [5.74, 6) is -0.481. The maximum absolute atomic E-state index is 13.0. The minimum Gasteiger partial charge on any atom is -0.495 e. The first-order valence-electron chi connectivity index (χ1n) is 7.29. The van der Waals surface area contributed by atoms with Crippen LogP contribution in [0.1, 0.15) is 12.5 Å². The fourth-order valence-electron chi connectivity index (χ4n) is 2.18. The van der Waals surface area contributed by atoms with Crippen LogP contribution in [0.25, 0.3) is 0 Å². The molecule has 0 spiro atoms. The lowest BCUT2D eigenvalue weighted by molar-refractivity contribution is -0.137. The molecule has 6 nitrogen and oxygen atoms in total. The molecule has 0 aliphatic rings. The summed E-state index contributed by atoms with van der Waals surface area (Å²) < 4.78 is 71.2. The molecular formula is C16H14ClF3N2O4S. The van der Waals surface area contributed by atoms with Crippen LogP contribution in [-0.2, 0) is 21.0 Å². The summed E-state index contributed by atoms with van der Waals surface area (Å²) in [5, 5.41) is 1.86. The topological polar surface area (TPSA) is 84.5 Å². The Morgan fingerprint density at radius 1 is 1.11 bits per heavy atom. The van der Waals surface area contributed by atoms with Gasteiger partial charge in [-0.25, -0.2) is 8.42 Å². The Balaban J connectivity index is 2.46. The quantitative estimate of drug-likeness (QED) is 0.758. The minimum atomic E-state index is -4.75. The van der Waals surface area contributed by atoms with Gasteiger partial charge in [0.15, 0.2) is 0 Å². The maximum Gasteiger partial charge on any atom is 0.417 e. The Morgan fingerprint density at radius 2 is 1.74 bits per heavy atom. The van der Waals surface area contributed by atoms with E-state index in [1.807, 2.05) is 0 Å². The zero-order valence-electron chi connectivity index (χ0n) is 14.0. The van der Waals surface area contributed by atoms with Crippen molar-refractivity contribution in [1.82, 2.24) is 0 Å². The van der Waals surface area contributed by atoms with Crippen molar-refractivity contribution < 1.29 is 31.1 Å². The number of nitrogens with one attached hydrogen (secondary N) is 2. The predicted octanol–water partition coefficient (Wildman–Crippen LogP) is 4.13. The third-order valence-electron chi connectivity index (χ3n) is 3.30. The number of anilines is 2. The Kier molecular flexibility index (Phi) is 5.91. The van der Waals surface area contributed by atoms with Gasteiger partial charge in [-0.1, -0.05) is 11.6 Å². The number of hydrogen-bond donors (Lipinski definition) is 2. The molecule has 0 unspecified atom stereocenters. The molecule has 0 saturated heterocycles. The molecule has 146 valence electrons. The van der Waals surface area contributed by atoms with Gasteiger partial charge in [0.2, 0.25) is 5.91 Å². The van der Waals surface area contributed by atoms with Gasteiger partial charge in [-0.2, -0.15) is 13.2 Å². The lowest BCUT2D eigenvalue weighted by atomic mass is 10.2. The molecule has 0 aliphatic carbocycles. The predicted molar refractivity (Wildman–Crippen MR) is 94.6 cm³/mol. The summed E-state index contributed by atoms with van der Waals surface area (Å²) in [4.78, 5) is 10.8. The first-order chi connectivity index (χ1) is 12.4. The van der Waals surface area contributed by atoms with Crippen LogP contribution in [0, 0.1) is 0 Å². The highest BCUT2D eigenvalue weighted by molar-refractivity contribution is 7.92. The van der Waals surface area contributed by atoms with E-state index >= 15 is 0 Å². The van der Waals surface area contributed by atoms with E-state index < -0.39 is 32.7 Å². The van der Waals surface area contributed by atoms with Crippen LogP contribution >= 0.6 is 11.6 Å². The van der Waals surface area contributed by atoms with Gasteiger partial charge in [-0.3, -0.25) is 9.52 Å². The molecule has 0 aliphatic heterocycles. The maximum atomic E-state index is 13.0. The highest BCUT2D eigenvalue weighted by atomic mass is 35.5. The van der Waals surface area contributed by atoms with E-state index in [9.17, 15) is 26.4 Å². The third kappa shape index (κ3) is 5.04. The Morgan fingerprint density at radius 3 is 2.30 bits per heavy atom. The van der Waals surface area contributed by atoms with Gasteiger partial charge in [0.05, 0.1) is 17.7 Å². The van der Waals surface area contributed by atoms with Gasteiger partial charge in [0.1, 0.15) is 10.6 Å². The molecule has 0 fully saturated rings. The van der Waals surface area contributed by atoms with Crippen molar-refractivity contribution in [1.29, 1.82) is 0 Å². The van der Waals surface area contributed by atoms with Crippen LogP contribution in [0.15, 0.2) is 41.3 Å². The molecule has 0 aromatic heterocycles. The lowest BCUT2D eigenvalue weighted by Crippen LogP contribution is -2.16. The van der Waals surface area contributed by atoms with Crippen LogP contribution in [0.5, 0.6) is 5.75 Å². The SMILES string of the molecule is COc1ccc(NC(C)=O)cc1S(=O)(=O)Nc1ccc(Cl)c(C(F)(F)F)c1. The smallest absolute Gasteiger partial charge is 0.417 e. The van der Waals surface area contributed by atoms with Crippen LogP contribution in [0.4, 0.5) is 24.5 Å². The van der Waals surface area contributed by atoms with Gasteiger partial charge in [-0.15, -0.1) is 0 Å². The van der Waals surface area contributed by atoms with Crippen LogP contribution in [0.3, 0.4) is 0 Å². The number of methoxy groups -OCH3 is 1. The number of halogens is 4. The number of alkyl halides is 3. The lowest BCUT2D eigenvalue weighted by Gasteiger charge is -2.15.